The van der Waals surface area contributed by atoms with E-state index in [0.717, 1.165) is 5.56 Å². The summed E-state index contributed by atoms with van der Waals surface area (Å²) in [6, 6.07) is 8.99. The molecule has 4 rings (SSSR count). The fourth-order valence-corrected chi connectivity index (χ4v) is 3.49. The number of halogens is 4. The van der Waals surface area contributed by atoms with Gasteiger partial charge in [-0.25, -0.2) is 4.39 Å². The highest BCUT2D eigenvalue weighted by atomic mass is 19.4. The normalized spacial score (nSPS) is 15.4. The SMILES string of the molecule is O=C(c1cccc(F)c1)N1CCC(c2ccnc(-c3noc(C(F)(F)F)n3)c2)CC1. The monoisotopic (exact) mass is 420 g/mol. The maximum atomic E-state index is 13.4. The van der Waals surface area contributed by atoms with Crippen LogP contribution in [0.2, 0.25) is 0 Å². The number of aromatic nitrogens is 3. The highest BCUT2D eigenvalue weighted by molar-refractivity contribution is 5.94. The van der Waals surface area contributed by atoms with Gasteiger partial charge in [-0.2, -0.15) is 18.2 Å². The summed E-state index contributed by atoms with van der Waals surface area (Å²) in [5, 5.41) is 3.36. The van der Waals surface area contributed by atoms with E-state index < -0.39 is 17.9 Å². The Morgan fingerprint density at radius 1 is 1.13 bits per heavy atom. The summed E-state index contributed by atoms with van der Waals surface area (Å²) in [6.45, 7) is 0.968. The minimum Gasteiger partial charge on any atom is -0.339 e. The van der Waals surface area contributed by atoms with Gasteiger partial charge >= 0.3 is 12.1 Å². The van der Waals surface area contributed by atoms with Crippen molar-refractivity contribution in [3.8, 4) is 11.5 Å². The van der Waals surface area contributed by atoms with E-state index in [2.05, 4.69) is 19.6 Å². The van der Waals surface area contributed by atoms with Crippen molar-refractivity contribution in [3.63, 3.8) is 0 Å². The second-order valence-electron chi connectivity index (χ2n) is 6.97. The van der Waals surface area contributed by atoms with Crippen LogP contribution < -0.4 is 0 Å². The highest BCUT2D eigenvalue weighted by Gasteiger charge is 2.38. The Labute approximate surface area is 168 Å². The predicted molar refractivity (Wildman–Crippen MR) is 96.8 cm³/mol. The number of rotatable bonds is 3. The molecule has 0 spiro atoms. The number of piperidine rings is 1. The molecule has 1 aliphatic heterocycles. The van der Waals surface area contributed by atoms with Gasteiger partial charge in [0.1, 0.15) is 11.5 Å². The van der Waals surface area contributed by atoms with Crippen molar-refractivity contribution >= 4 is 5.91 Å². The molecular formula is C20H16F4N4O2. The van der Waals surface area contributed by atoms with Gasteiger partial charge in [0.25, 0.3) is 5.91 Å². The maximum absolute atomic E-state index is 13.4. The second kappa shape index (κ2) is 7.85. The van der Waals surface area contributed by atoms with Crippen LogP contribution in [0.25, 0.3) is 11.5 Å². The van der Waals surface area contributed by atoms with Crippen LogP contribution in [-0.4, -0.2) is 39.0 Å². The lowest BCUT2D eigenvalue weighted by Crippen LogP contribution is -2.38. The lowest BCUT2D eigenvalue weighted by atomic mass is 9.89. The molecular weight excluding hydrogens is 404 g/mol. The first-order chi connectivity index (χ1) is 14.3. The van der Waals surface area contributed by atoms with Crippen LogP contribution in [0.15, 0.2) is 47.1 Å². The average molecular weight is 420 g/mol. The molecule has 1 fully saturated rings. The van der Waals surface area contributed by atoms with E-state index in [1.54, 1.807) is 23.1 Å². The van der Waals surface area contributed by atoms with E-state index in [0.29, 0.717) is 31.5 Å². The number of nitrogens with zero attached hydrogens (tertiary/aromatic N) is 4. The lowest BCUT2D eigenvalue weighted by Gasteiger charge is -2.32. The smallest absolute Gasteiger partial charge is 0.339 e. The molecule has 1 aromatic carbocycles. The Kier molecular flexibility index (Phi) is 5.23. The van der Waals surface area contributed by atoms with Gasteiger partial charge in [0.05, 0.1) is 0 Å². The van der Waals surface area contributed by atoms with Crippen molar-refractivity contribution in [1.29, 1.82) is 0 Å². The summed E-state index contributed by atoms with van der Waals surface area (Å²) in [4.78, 5) is 21.6. The Morgan fingerprint density at radius 2 is 1.90 bits per heavy atom. The molecule has 0 aliphatic carbocycles. The second-order valence-corrected chi connectivity index (χ2v) is 6.97. The summed E-state index contributed by atoms with van der Waals surface area (Å²) < 4.78 is 55.6. The van der Waals surface area contributed by atoms with Gasteiger partial charge in [0, 0.05) is 24.8 Å². The number of likely N-dealkylation sites (tertiary alicyclic amines) is 1. The summed E-state index contributed by atoms with van der Waals surface area (Å²) in [7, 11) is 0. The molecule has 3 heterocycles. The number of hydrogen-bond acceptors (Lipinski definition) is 5. The fourth-order valence-electron chi connectivity index (χ4n) is 3.49. The molecule has 0 N–H and O–H groups in total. The molecule has 30 heavy (non-hydrogen) atoms. The zero-order valence-electron chi connectivity index (χ0n) is 15.6. The molecule has 1 amide bonds. The van der Waals surface area contributed by atoms with Crippen LogP contribution in [0, 0.1) is 5.82 Å². The number of alkyl halides is 3. The minimum absolute atomic E-state index is 0.0947. The Bertz CT molecular complexity index is 1060. The van der Waals surface area contributed by atoms with Gasteiger partial charge in [-0.05, 0) is 54.7 Å². The number of pyridine rings is 1. The van der Waals surface area contributed by atoms with Crippen LogP contribution in [0.1, 0.15) is 40.6 Å². The van der Waals surface area contributed by atoms with E-state index >= 15 is 0 Å². The third kappa shape index (κ3) is 4.17. The van der Waals surface area contributed by atoms with E-state index in [4.69, 9.17) is 0 Å². The number of benzene rings is 1. The molecule has 0 unspecified atom stereocenters. The lowest BCUT2D eigenvalue weighted by molar-refractivity contribution is -0.159. The van der Waals surface area contributed by atoms with Crippen LogP contribution in [0.4, 0.5) is 17.6 Å². The van der Waals surface area contributed by atoms with Crippen LogP contribution in [0.5, 0.6) is 0 Å². The Hall–Kier alpha value is -3.30. The summed E-state index contributed by atoms with van der Waals surface area (Å²) in [5.74, 6) is -2.25. The third-order valence-electron chi connectivity index (χ3n) is 5.01. The molecule has 1 aliphatic rings. The van der Waals surface area contributed by atoms with E-state index in [9.17, 15) is 22.4 Å². The topological polar surface area (TPSA) is 72.1 Å². The molecule has 10 heteroatoms. The average Bonchev–Trinajstić information content (AvgIpc) is 3.24. The molecule has 0 atom stereocenters. The molecule has 3 aromatic rings. The van der Waals surface area contributed by atoms with E-state index in [1.807, 2.05) is 0 Å². The van der Waals surface area contributed by atoms with Gasteiger partial charge in [0.2, 0.25) is 5.82 Å². The van der Waals surface area contributed by atoms with Crippen LogP contribution >= 0.6 is 0 Å². The number of carbonyl (C=O) groups excluding carboxylic acids is 1. The summed E-state index contributed by atoms with van der Waals surface area (Å²) in [5.41, 5.74) is 1.36. The summed E-state index contributed by atoms with van der Waals surface area (Å²) >= 11 is 0. The van der Waals surface area contributed by atoms with Crippen molar-refractivity contribution in [2.45, 2.75) is 24.9 Å². The first-order valence-corrected chi connectivity index (χ1v) is 9.23. The maximum Gasteiger partial charge on any atom is 0.471 e. The van der Waals surface area contributed by atoms with Gasteiger partial charge in [-0.15, -0.1) is 0 Å². The molecule has 1 saturated heterocycles. The number of hydrogen-bond donors (Lipinski definition) is 0. The van der Waals surface area contributed by atoms with E-state index in [-0.39, 0.29) is 23.3 Å². The Morgan fingerprint density at radius 3 is 2.57 bits per heavy atom. The van der Waals surface area contributed by atoms with Crippen molar-refractivity contribution in [1.82, 2.24) is 20.0 Å². The van der Waals surface area contributed by atoms with Gasteiger partial charge in [-0.1, -0.05) is 11.2 Å². The highest BCUT2D eigenvalue weighted by Crippen LogP contribution is 2.32. The first-order valence-electron chi connectivity index (χ1n) is 9.23. The molecule has 0 radical (unpaired) electrons. The standard InChI is InChI=1S/C20H16F4N4O2/c21-15-3-1-2-14(10-15)18(29)28-8-5-12(6-9-28)13-4-7-25-16(11-13)17-26-19(30-27-17)20(22,23)24/h1-4,7,10-12H,5-6,8-9H2. The Balaban J connectivity index is 1.45. The van der Waals surface area contributed by atoms with Crippen LogP contribution in [0.3, 0.4) is 0 Å². The van der Waals surface area contributed by atoms with Gasteiger partial charge in [0.15, 0.2) is 0 Å². The number of amides is 1. The zero-order valence-corrected chi connectivity index (χ0v) is 15.6. The van der Waals surface area contributed by atoms with Crippen molar-refractivity contribution in [3.05, 3.63) is 65.4 Å². The first kappa shape index (κ1) is 20.0. The molecule has 156 valence electrons. The predicted octanol–water partition coefficient (Wildman–Crippen LogP) is 4.31. The van der Waals surface area contributed by atoms with Crippen LogP contribution in [-0.2, 0) is 6.18 Å². The zero-order chi connectivity index (χ0) is 21.3. The largest absolute Gasteiger partial charge is 0.471 e. The van der Waals surface area contributed by atoms with Crippen molar-refractivity contribution in [2.75, 3.05) is 13.1 Å². The van der Waals surface area contributed by atoms with Crippen molar-refractivity contribution < 1.29 is 26.9 Å². The quantitative estimate of drug-likeness (QED) is 0.591. The van der Waals surface area contributed by atoms with Crippen molar-refractivity contribution in [2.24, 2.45) is 0 Å². The molecule has 2 aromatic heterocycles. The summed E-state index contributed by atoms with van der Waals surface area (Å²) in [6.07, 6.45) is -1.92. The third-order valence-corrected chi connectivity index (χ3v) is 5.01. The molecule has 0 saturated carbocycles. The molecule has 6 nitrogen and oxygen atoms in total. The van der Waals surface area contributed by atoms with Gasteiger partial charge in [-0.3, -0.25) is 9.78 Å². The van der Waals surface area contributed by atoms with Gasteiger partial charge < -0.3 is 9.42 Å². The minimum atomic E-state index is -4.72. The molecule has 0 bridgehead atoms. The fraction of sp³-hybridized carbons (Fsp3) is 0.300. The number of carbonyl (C=O) groups is 1. The van der Waals surface area contributed by atoms with E-state index in [1.165, 1.54) is 24.4 Å².